The Labute approximate surface area is 174 Å². The number of hydrogen-bond donors (Lipinski definition) is 0. The Morgan fingerprint density at radius 2 is 1.90 bits per heavy atom. The van der Waals surface area contributed by atoms with E-state index in [1.807, 2.05) is 0 Å². The third-order valence-corrected chi connectivity index (χ3v) is 4.73. The zero-order valence-electron chi connectivity index (χ0n) is 15.7. The Balaban J connectivity index is 2.01. The molecule has 0 aliphatic heterocycles. The summed E-state index contributed by atoms with van der Waals surface area (Å²) in [4.78, 5) is 29.1. The van der Waals surface area contributed by atoms with E-state index in [0.717, 1.165) is 0 Å². The van der Waals surface area contributed by atoms with Crippen molar-refractivity contribution in [1.29, 1.82) is 0 Å². The third-order valence-electron chi connectivity index (χ3n) is 4.04. The standard InChI is InChI=1S/C20H17BrN2O6/c1-3-28-20(25)18-16(11-29-19(24)13-6-4-5-7-14(13)21)22-15-9-8-12(27-2)10-17(15)23(18)26/h4-10H,3,11H2,1-2H3. The van der Waals surface area contributed by atoms with Crippen LogP contribution in [0.1, 0.15) is 33.5 Å². The second-order valence-electron chi connectivity index (χ2n) is 5.83. The number of ether oxygens (including phenoxy) is 3. The van der Waals surface area contributed by atoms with Gasteiger partial charge in [0, 0.05) is 4.47 Å². The first kappa shape index (κ1) is 20.5. The molecule has 0 atom stereocenters. The minimum absolute atomic E-state index is 0.00322. The van der Waals surface area contributed by atoms with Crippen LogP contribution in [-0.4, -0.2) is 30.6 Å². The highest BCUT2D eigenvalue weighted by Crippen LogP contribution is 2.21. The van der Waals surface area contributed by atoms with E-state index in [-0.39, 0.29) is 30.1 Å². The Hall–Kier alpha value is -3.20. The van der Waals surface area contributed by atoms with E-state index >= 15 is 0 Å². The van der Waals surface area contributed by atoms with Gasteiger partial charge in [-0.05, 0) is 47.1 Å². The number of carbonyl (C=O) groups is 2. The van der Waals surface area contributed by atoms with Crippen molar-refractivity contribution in [1.82, 2.24) is 4.98 Å². The van der Waals surface area contributed by atoms with Gasteiger partial charge in [0.2, 0.25) is 5.52 Å². The van der Waals surface area contributed by atoms with Crippen molar-refractivity contribution in [2.24, 2.45) is 0 Å². The number of aromatic nitrogens is 2. The van der Waals surface area contributed by atoms with Crippen LogP contribution in [0, 0.1) is 5.21 Å². The van der Waals surface area contributed by atoms with Crippen molar-refractivity contribution >= 4 is 38.9 Å². The fraction of sp³-hybridized carbons (Fsp3) is 0.200. The Bertz CT molecular complexity index is 1090. The summed E-state index contributed by atoms with van der Waals surface area (Å²) in [5.41, 5.74) is 0.420. The van der Waals surface area contributed by atoms with Gasteiger partial charge in [-0.25, -0.2) is 14.6 Å². The maximum Gasteiger partial charge on any atom is 0.407 e. The van der Waals surface area contributed by atoms with Crippen molar-refractivity contribution in [3.63, 3.8) is 0 Å². The summed E-state index contributed by atoms with van der Waals surface area (Å²) in [5, 5.41) is 12.9. The van der Waals surface area contributed by atoms with Gasteiger partial charge in [-0.15, -0.1) is 0 Å². The van der Waals surface area contributed by atoms with Gasteiger partial charge in [0.1, 0.15) is 17.9 Å². The van der Waals surface area contributed by atoms with Crippen LogP contribution < -0.4 is 9.47 Å². The molecule has 3 aromatic rings. The molecule has 8 nitrogen and oxygen atoms in total. The van der Waals surface area contributed by atoms with E-state index < -0.39 is 11.9 Å². The predicted molar refractivity (Wildman–Crippen MR) is 106 cm³/mol. The SMILES string of the molecule is CCOC(=O)c1c(COC(=O)c2ccccc2Br)nc2ccc(OC)cc2[n+]1[O-]. The van der Waals surface area contributed by atoms with Crippen LogP contribution in [-0.2, 0) is 16.1 Å². The van der Waals surface area contributed by atoms with Crippen molar-refractivity contribution in [2.75, 3.05) is 13.7 Å². The van der Waals surface area contributed by atoms with Crippen molar-refractivity contribution in [3.05, 3.63) is 69.1 Å². The molecule has 0 radical (unpaired) electrons. The average Bonchev–Trinajstić information content (AvgIpc) is 2.72. The van der Waals surface area contributed by atoms with Gasteiger partial charge in [-0.2, -0.15) is 4.73 Å². The summed E-state index contributed by atoms with van der Waals surface area (Å²) in [7, 11) is 1.46. The summed E-state index contributed by atoms with van der Waals surface area (Å²) in [6.45, 7) is 1.32. The molecule has 1 heterocycles. The fourth-order valence-electron chi connectivity index (χ4n) is 2.66. The van der Waals surface area contributed by atoms with E-state index in [4.69, 9.17) is 14.2 Å². The summed E-state index contributed by atoms with van der Waals surface area (Å²) >= 11 is 3.28. The molecule has 150 valence electrons. The summed E-state index contributed by atoms with van der Waals surface area (Å²) in [6.07, 6.45) is 0. The zero-order valence-corrected chi connectivity index (χ0v) is 17.3. The number of methoxy groups -OCH3 is 1. The monoisotopic (exact) mass is 460 g/mol. The van der Waals surface area contributed by atoms with Crippen LogP contribution in [0.2, 0.25) is 0 Å². The Morgan fingerprint density at radius 3 is 2.59 bits per heavy atom. The molecule has 0 fully saturated rings. The summed E-state index contributed by atoms with van der Waals surface area (Å²) < 4.78 is 16.4. The average molecular weight is 461 g/mol. The number of nitrogens with zero attached hydrogens (tertiary/aromatic N) is 2. The Kier molecular flexibility index (Phi) is 6.28. The lowest BCUT2D eigenvalue weighted by molar-refractivity contribution is -0.581. The van der Waals surface area contributed by atoms with Crippen LogP contribution in [0.25, 0.3) is 11.0 Å². The minimum Gasteiger partial charge on any atom is -0.618 e. The molecule has 0 saturated heterocycles. The minimum atomic E-state index is -0.855. The van der Waals surface area contributed by atoms with E-state index in [2.05, 4.69) is 20.9 Å². The van der Waals surface area contributed by atoms with Crippen LogP contribution in [0.15, 0.2) is 46.9 Å². The fourth-order valence-corrected chi connectivity index (χ4v) is 3.11. The van der Waals surface area contributed by atoms with Gasteiger partial charge in [-0.3, -0.25) is 0 Å². The predicted octanol–water partition coefficient (Wildman–Crippen LogP) is 3.17. The molecule has 1 aromatic heterocycles. The smallest absolute Gasteiger partial charge is 0.407 e. The molecule has 2 aromatic carbocycles. The van der Waals surface area contributed by atoms with E-state index in [1.54, 1.807) is 43.3 Å². The molecule has 0 spiro atoms. The first-order valence-electron chi connectivity index (χ1n) is 8.65. The van der Waals surface area contributed by atoms with Gasteiger partial charge in [0.05, 0.1) is 25.3 Å². The molecular formula is C20H17BrN2O6. The molecule has 0 bridgehead atoms. The zero-order chi connectivity index (χ0) is 21.0. The molecule has 0 unspecified atom stereocenters. The molecule has 0 aliphatic carbocycles. The molecular weight excluding hydrogens is 444 g/mol. The van der Waals surface area contributed by atoms with Gasteiger partial charge in [0.25, 0.3) is 0 Å². The summed E-state index contributed by atoms with van der Waals surface area (Å²) in [5.74, 6) is -1.04. The van der Waals surface area contributed by atoms with E-state index in [9.17, 15) is 14.8 Å². The number of hydrogen-bond acceptors (Lipinski definition) is 7. The number of benzene rings is 2. The second kappa shape index (κ2) is 8.87. The lowest BCUT2D eigenvalue weighted by Gasteiger charge is -2.12. The quantitative estimate of drug-likeness (QED) is 0.316. The van der Waals surface area contributed by atoms with Crippen LogP contribution in [0.4, 0.5) is 0 Å². The highest BCUT2D eigenvalue weighted by Gasteiger charge is 2.29. The van der Waals surface area contributed by atoms with E-state index in [1.165, 1.54) is 13.2 Å². The van der Waals surface area contributed by atoms with E-state index in [0.29, 0.717) is 26.0 Å². The normalized spacial score (nSPS) is 10.6. The molecule has 0 saturated carbocycles. The lowest BCUT2D eigenvalue weighted by atomic mass is 10.2. The lowest BCUT2D eigenvalue weighted by Crippen LogP contribution is -2.39. The number of rotatable bonds is 6. The largest absolute Gasteiger partial charge is 0.618 e. The number of carbonyl (C=O) groups excluding carboxylic acids is 2. The maximum absolute atomic E-state index is 12.9. The highest BCUT2D eigenvalue weighted by molar-refractivity contribution is 9.10. The van der Waals surface area contributed by atoms with Gasteiger partial charge in [-0.1, -0.05) is 12.1 Å². The third kappa shape index (κ3) is 4.29. The second-order valence-corrected chi connectivity index (χ2v) is 6.69. The van der Waals surface area contributed by atoms with Gasteiger partial charge in [0.15, 0.2) is 5.69 Å². The van der Waals surface area contributed by atoms with Crippen molar-refractivity contribution < 1.29 is 28.5 Å². The molecule has 9 heteroatoms. The maximum atomic E-state index is 12.9. The topological polar surface area (TPSA) is 102 Å². The molecule has 0 aliphatic rings. The molecule has 29 heavy (non-hydrogen) atoms. The van der Waals surface area contributed by atoms with Crippen LogP contribution in [0.5, 0.6) is 5.75 Å². The van der Waals surface area contributed by atoms with Gasteiger partial charge < -0.3 is 19.4 Å². The number of esters is 2. The molecule has 0 amide bonds. The molecule has 0 N–H and O–H groups in total. The van der Waals surface area contributed by atoms with Gasteiger partial charge >= 0.3 is 17.6 Å². The van der Waals surface area contributed by atoms with Crippen molar-refractivity contribution in [2.45, 2.75) is 13.5 Å². The van der Waals surface area contributed by atoms with Crippen molar-refractivity contribution in [3.8, 4) is 5.75 Å². The Morgan fingerprint density at radius 1 is 1.14 bits per heavy atom. The molecule has 3 rings (SSSR count). The first-order chi connectivity index (χ1) is 14.0. The number of fused-ring (bicyclic) bond motifs is 1. The van der Waals surface area contributed by atoms with Crippen LogP contribution in [0.3, 0.4) is 0 Å². The van der Waals surface area contributed by atoms with Crippen LogP contribution >= 0.6 is 15.9 Å². The number of halogens is 1. The first-order valence-corrected chi connectivity index (χ1v) is 9.44. The summed E-state index contributed by atoms with van der Waals surface area (Å²) in [6, 6.07) is 11.4. The highest BCUT2D eigenvalue weighted by atomic mass is 79.9.